The summed E-state index contributed by atoms with van der Waals surface area (Å²) in [5.74, 6) is 0.714. The average Bonchev–Trinajstić information content (AvgIpc) is 2.60. The summed E-state index contributed by atoms with van der Waals surface area (Å²) in [6, 6.07) is 10.3. The fourth-order valence-corrected chi connectivity index (χ4v) is 2.04. The van der Waals surface area contributed by atoms with Gasteiger partial charge in [-0.15, -0.1) is 11.8 Å². The van der Waals surface area contributed by atoms with Crippen LogP contribution in [0.1, 0.15) is 11.1 Å². The Morgan fingerprint density at radius 3 is 2.81 bits per heavy atom. The smallest absolute Gasteiger partial charge is 0.123 e. The second-order valence-electron chi connectivity index (χ2n) is 3.76. The van der Waals surface area contributed by atoms with E-state index in [9.17, 15) is 0 Å². The van der Waals surface area contributed by atoms with Gasteiger partial charge in [0.25, 0.3) is 0 Å². The largest absolute Gasteiger partial charge is 0.384 e. The van der Waals surface area contributed by atoms with Crippen molar-refractivity contribution in [2.45, 2.75) is 18.5 Å². The fraction of sp³-hybridized carbons (Fsp3) is 0.250. The van der Waals surface area contributed by atoms with Crippen LogP contribution in [-0.4, -0.2) is 16.0 Å². The summed E-state index contributed by atoms with van der Waals surface area (Å²) < 4.78 is 1.83. The lowest BCUT2D eigenvalue weighted by Gasteiger charge is -2.04. The van der Waals surface area contributed by atoms with E-state index in [2.05, 4.69) is 36.3 Å². The van der Waals surface area contributed by atoms with Crippen LogP contribution in [0.15, 0.2) is 35.4 Å². The molecular weight excluding hydrogens is 218 g/mol. The molecule has 0 spiro atoms. The Hall–Kier alpha value is -1.42. The number of aryl methyl sites for hydroxylation is 1. The molecule has 0 amide bonds. The van der Waals surface area contributed by atoms with Crippen LogP contribution < -0.4 is 5.73 Å². The van der Waals surface area contributed by atoms with Gasteiger partial charge in [0.05, 0.1) is 6.54 Å². The average molecular weight is 233 g/mol. The molecule has 1 heterocycles. The maximum atomic E-state index is 5.89. The van der Waals surface area contributed by atoms with Gasteiger partial charge in [-0.1, -0.05) is 29.8 Å². The number of thioether (sulfide) groups is 1. The van der Waals surface area contributed by atoms with E-state index >= 15 is 0 Å². The van der Waals surface area contributed by atoms with Crippen LogP contribution in [0.4, 0.5) is 5.82 Å². The van der Waals surface area contributed by atoms with E-state index in [0.29, 0.717) is 5.82 Å². The van der Waals surface area contributed by atoms with Crippen LogP contribution in [0.2, 0.25) is 0 Å². The number of hydrogen-bond donors (Lipinski definition) is 1. The Balaban J connectivity index is 2.23. The molecule has 1 aromatic heterocycles. The molecule has 0 radical (unpaired) electrons. The molecule has 2 aromatic rings. The maximum Gasteiger partial charge on any atom is 0.123 e. The number of hydrogen-bond acceptors (Lipinski definition) is 3. The Morgan fingerprint density at radius 2 is 2.19 bits per heavy atom. The molecule has 3 nitrogen and oxygen atoms in total. The first-order chi connectivity index (χ1) is 7.69. The predicted octanol–water partition coefficient (Wildman–Crippen LogP) is 2.54. The Bertz CT molecular complexity index is 491. The van der Waals surface area contributed by atoms with Crippen molar-refractivity contribution >= 4 is 17.6 Å². The molecule has 0 aliphatic heterocycles. The van der Waals surface area contributed by atoms with Crippen molar-refractivity contribution < 1.29 is 0 Å². The molecule has 0 atom stereocenters. The molecule has 0 aliphatic rings. The summed E-state index contributed by atoms with van der Waals surface area (Å²) in [6.07, 6.45) is 2.00. The lowest BCUT2D eigenvalue weighted by molar-refractivity contribution is 0.675. The lowest BCUT2D eigenvalue weighted by Crippen LogP contribution is -2.05. The zero-order valence-corrected chi connectivity index (χ0v) is 10.3. The molecule has 2 N–H and O–H groups in total. The highest BCUT2D eigenvalue weighted by Crippen LogP contribution is 2.17. The molecule has 0 fully saturated rings. The summed E-state index contributed by atoms with van der Waals surface area (Å²) in [4.78, 5) is 0. The zero-order valence-electron chi connectivity index (χ0n) is 9.47. The second kappa shape index (κ2) is 4.61. The van der Waals surface area contributed by atoms with Crippen LogP contribution in [0.3, 0.4) is 0 Å². The van der Waals surface area contributed by atoms with E-state index in [1.165, 1.54) is 11.1 Å². The fourth-order valence-electron chi connectivity index (χ4n) is 1.62. The van der Waals surface area contributed by atoms with Crippen molar-refractivity contribution in [3.8, 4) is 0 Å². The molecule has 84 valence electrons. The third-order valence-electron chi connectivity index (χ3n) is 2.41. The monoisotopic (exact) mass is 233 g/mol. The normalized spacial score (nSPS) is 10.6. The summed E-state index contributed by atoms with van der Waals surface area (Å²) >= 11 is 1.61. The van der Waals surface area contributed by atoms with E-state index in [1.54, 1.807) is 11.8 Å². The van der Waals surface area contributed by atoms with Crippen molar-refractivity contribution in [3.05, 3.63) is 41.5 Å². The number of benzene rings is 1. The van der Waals surface area contributed by atoms with E-state index in [1.807, 2.05) is 17.0 Å². The molecule has 4 heteroatoms. The molecule has 0 saturated carbocycles. The zero-order chi connectivity index (χ0) is 11.5. The van der Waals surface area contributed by atoms with Crippen LogP contribution in [0.25, 0.3) is 0 Å². The number of aromatic nitrogens is 2. The number of nitrogens with two attached hydrogens (primary N) is 1. The minimum atomic E-state index is 0.714. The van der Waals surface area contributed by atoms with Gasteiger partial charge in [-0.25, -0.2) is 4.68 Å². The summed E-state index contributed by atoms with van der Waals surface area (Å²) in [5.41, 5.74) is 8.37. The Kier molecular flexibility index (Phi) is 3.19. The number of nitrogens with zero attached hydrogens (tertiary/aromatic N) is 2. The first-order valence-corrected chi connectivity index (χ1v) is 6.34. The van der Waals surface area contributed by atoms with E-state index in [4.69, 9.17) is 5.73 Å². The van der Waals surface area contributed by atoms with Gasteiger partial charge in [-0.3, -0.25) is 0 Å². The van der Waals surface area contributed by atoms with Gasteiger partial charge < -0.3 is 5.73 Å². The second-order valence-corrected chi connectivity index (χ2v) is 4.58. The molecule has 0 unspecified atom stereocenters. The number of rotatable bonds is 3. The highest BCUT2D eigenvalue weighted by molar-refractivity contribution is 7.98. The minimum Gasteiger partial charge on any atom is -0.384 e. The Morgan fingerprint density at radius 1 is 1.38 bits per heavy atom. The molecular formula is C12H15N3S. The number of anilines is 1. The van der Waals surface area contributed by atoms with Crippen molar-refractivity contribution in [2.75, 3.05) is 12.0 Å². The van der Waals surface area contributed by atoms with Crippen LogP contribution in [0, 0.1) is 6.92 Å². The molecule has 0 saturated heterocycles. The summed E-state index contributed by atoms with van der Waals surface area (Å²) in [5, 5.41) is 5.37. The first-order valence-electron chi connectivity index (χ1n) is 5.12. The first kappa shape index (κ1) is 11.1. The topological polar surface area (TPSA) is 43.8 Å². The quantitative estimate of drug-likeness (QED) is 0.829. The van der Waals surface area contributed by atoms with Crippen molar-refractivity contribution in [1.29, 1.82) is 0 Å². The maximum absolute atomic E-state index is 5.89. The van der Waals surface area contributed by atoms with Crippen molar-refractivity contribution in [2.24, 2.45) is 0 Å². The van der Waals surface area contributed by atoms with Gasteiger partial charge in [-0.05, 0) is 18.7 Å². The minimum absolute atomic E-state index is 0.714. The standard InChI is InChI=1S/C12H15N3S/c1-9-4-3-5-10(6-9)8-15-11(13)7-12(14-15)16-2/h3-7H,8,13H2,1-2H3. The highest BCUT2D eigenvalue weighted by Gasteiger charge is 2.04. The third kappa shape index (κ3) is 2.39. The SMILES string of the molecule is CSc1cc(N)n(Cc2cccc(C)c2)n1. The van der Waals surface area contributed by atoms with E-state index < -0.39 is 0 Å². The molecule has 2 rings (SSSR count). The molecule has 0 aliphatic carbocycles. The predicted molar refractivity (Wildman–Crippen MR) is 68.7 cm³/mol. The molecule has 0 bridgehead atoms. The van der Waals surface area contributed by atoms with Gasteiger partial charge >= 0.3 is 0 Å². The summed E-state index contributed by atoms with van der Waals surface area (Å²) in [7, 11) is 0. The van der Waals surface area contributed by atoms with E-state index in [-0.39, 0.29) is 0 Å². The van der Waals surface area contributed by atoms with Crippen LogP contribution >= 0.6 is 11.8 Å². The Labute approximate surface area is 99.7 Å². The van der Waals surface area contributed by atoms with Crippen molar-refractivity contribution in [1.82, 2.24) is 9.78 Å². The number of nitrogen functional groups attached to an aromatic ring is 1. The lowest BCUT2D eigenvalue weighted by atomic mass is 10.1. The molecule has 16 heavy (non-hydrogen) atoms. The van der Waals surface area contributed by atoms with E-state index in [0.717, 1.165) is 11.6 Å². The molecule has 1 aromatic carbocycles. The van der Waals surface area contributed by atoms with Crippen LogP contribution in [0.5, 0.6) is 0 Å². The van der Waals surface area contributed by atoms with Crippen LogP contribution in [-0.2, 0) is 6.54 Å². The van der Waals surface area contributed by atoms with Gasteiger partial charge in [0.1, 0.15) is 10.8 Å². The van der Waals surface area contributed by atoms with Gasteiger partial charge in [-0.2, -0.15) is 5.10 Å². The van der Waals surface area contributed by atoms with Gasteiger partial charge in [0, 0.05) is 6.07 Å². The van der Waals surface area contributed by atoms with Crippen molar-refractivity contribution in [3.63, 3.8) is 0 Å². The third-order valence-corrected chi connectivity index (χ3v) is 3.03. The summed E-state index contributed by atoms with van der Waals surface area (Å²) in [6.45, 7) is 2.82. The highest BCUT2D eigenvalue weighted by atomic mass is 32.2. The van der Waals surface area contributed by atoms with Gasteiger partial charge in [0.2, 0.25) is 0 Å². The van der Waals surface area contributed by atoms with Gasteiger partial charge in [0.15, 0.2) is 0 Å².